The number of aryl methyl sites for hydroxylation is 1. The summed E-state index contributed by atoms with van der Waals surface area (Å²) in [6.07, 6.45) is 0. The number of sulfonamides is 1. The molecule has 1 N–H and O–H groups in total. The van der Waals surface area contributed by atoms with Gasteiger partial charge in [-0.25, -0.2) is 8.42 Å². The molecule has 2 aromatic carbocycles. The van der Waals surface area contributed by atoms with Gasteiger partial charge in [0, 0.05) is 9.50 Å². The normalized spacial score (nSPS) is 11.2. The van der Waals surface area contributed by atoms with E-state index in [9.17, 15) is 8.42 Å². The van der Waals surface area contributed by atoms with Crippen molar-refractivity contribution < 1.29 is 13.2 Å². The maximum atomic E-state index is 12.3. The van der Waals surface area contributed by atoms with Crippen LogP contribution in [0.1, 0.15) is 5.56 Å². The number of hydrogen-bond donors (Lipinski definition) is 1. The zero-order valence-corrected chi connectivity index (χ0v) is 14.5. The minimum atomic E-state index is -3.68. The highest BCUT2D eigenvalue weighted by Gasteiger charge is 2.16. The number of methoxy groups -OCH3 is 1. The smallest absolute Gasteiger partial charge is 0.261 e. The topological polar surface area (TPSA) is 55.4 Å². The van der Waals surface area contributed by atoms with Gasteiger partial charge in [0.25, 0.3) is 10.0 Å². The molecule has 2 aromatic rings. The molecular formula is C14H13BrClNO3S. The quantitative estimate of drug-likeness (QED) is 0.850. The first-order valence-corrected chi connectivity index (χ1v) is 8.61. The van der Waals surface area contributed by atoms with E-state index in [0.29, 0.717) is 20.9 Å². The van der Waals surface area contributed by atoms with Crippen LogP contribution in [0.5, 0.6) is 5.75 Å². The Morgan fingerprint density at radius 2 is 1.81 bits per heavy atom. The van der Waals surface area contributed by atoms with Crippen molar-refractivity contribution >= 4 is 43.2 Å². The second kappa shape index (κ2) is 6.25. The highest BCUT2D eigenvalue weighted by atomic mass is 79.9. The summed E-state index contributed by atoms with van der Waals surface area (Å²) in [4.78, 5) is 0.145. The van der Waals surface area contributed by atoms with Crippen LogP contribution in [0.2, 0.25) is 5.02 Å². The van der Waals surface area contributed by atoms with Crippen LogP contribution >= 0.6 is 27.5 Å². The van der Waals surface area contributed by atoms with E-state index in [1.165, 1.54) is 19.2 Å². The Bertz CT molecular complexity index is 761. The van der Waals surface area contributed by atoms with Crippen molar-refractivity contribution in [3.05, 3.63) is 51.5 Å². The first-order valence-electron chi connectivity index (χ1n) is 5.96. The summed E-state index contributed by atoms with van der Waals surface area (Å²) in [6, 6.07) is 9.46. The van der Waals surface area contributed by atoms with E-state index in [1.54, 1.807) is 24.3 Å². The number of ether oxygens (including phenoxy) is 1. The molecule has 21 heavy (non-hydrogen) atoms. The van der Waals surface area contributed by atoms with Crippen LogP contribution in [0.25, 0.3) is 0 Å². The zero-order valence-electron chi connectivity index (χ0n) is 11.4. The number of halogens is 2. The Balaban J connectivity index is 2.34. The molecule has 7 heteroatoms. The average molecular weight is 391 g/mol. The lowest BCUT2D eigenvalue weighted by Crippen LogP contribution is -2.13. The molecule has 0 aliphatic carbocycles. The van der Waals surface area contributed by atoms with Gasteiger partial charge in [-0.05, 0) is 64.8 Å². The maximum absolute atomic E-state index is 12.3. The molecule has 0 aromatic heterocycles. The molecule has 0 amide bonds. The van der Waals surface area contributed by atoms with Crippen LogP contribution in [0.15, 0.2) is 45.8 Å². The van der Waals surface area contributed by atoms with Gasteiger partial charge in [-0.2, -0.15) is 0 Å². The van der Waals surface area contributed by atoms with Crippen molar-refractivity contribution in [3.8, 4) is 5.75 Å². The van der Waals surface area contributed by atoms with Gasteiger partial charge in [-0.3, -0.25) is 4.72 Å². The SMILES string of the molecule is COc1ccc(S(=O)(=O)Nc2cc(Cl)c(C)cc2Br)cc1. The van der Waals surface area contributed by atoms with Gasteiger partial charge >= 0.3 is 0 Å². The number of rotatable bonds is 4. The third kappa shape index (κ3) is 3.70. The fourth-order valence-corrected chi connectivity index (χ4v) is 3.61. The van der Waals surface area contributed by atoms with Crippen LogP contribution in [0, 0.1) is 6.92 Å². The van der Waals surface area contributed by atoms with Gasteiger partial charge in [0.2, 0.25) is 0 Å². The van der Waals surface area contributed by atoms with E-state index in [1.807, 2.05) is 6.92 Å². The van der Waals surface area contributed by atoms with Crippen LogP contribution in [-0.2, 0) is 10.0 Å². The Morgan fingerprint density at radius 3 is 2.38 bits per heavy atom. The van der Waals surface area contributed by atoms with Crippen molar-refractivity contribution in [2.45, 2.75) is 11.8 Å². The van der Waals surface area contributed by atoms with Crippen LogP contribution in [0.3, 0.4) is 0 Å². The van der Waals surface area contributed by atoms with Crippen molar-refractivity contribution in [3.63, 3.8) is 0 Å². The lowest BCUT2D eigenvalue weighted by Gasteiger charge is -2.11. The Kier molecular flexibility index (Phi) is 4.81. The minimum Gasteiger partial charge on any atom is -0.497 e. The molecule has 0 aliphatic rings. The fraction of sp³-hybridized carbons (Fsp3) is 0.143. The molecule has 0 spiro atoms. The highest BCUT2D eigenvalue weighted by Crippen LogP contribution is 2.31. The second-order valence-electron chi connectivity index (χ2n) is 4.36. The molecule has 0 unspecified atom stereocenters. The monoisotopic (exact) mass is 389 g/mol. The first-order chi connectivity index (χ1) is 9.83. The predicted octanol–water partition coefficient (Wildman–Crippen LogP) is 4.22. The third-order valence-corrected chi connectivity index (χ3v) is 5.31. The third-order valence-electron chi connectivity index (χ3n) is 2.86. The van der Waals surface area contributed by atoms with Crippen LogP contribution in [-0.4, -0.2) is 15.5 Å². The van der Waals surface area contributed by atoms with Crippen LogP contribution < -0.4 is 9.46 Å². The molecule has 0 saturated heterocycles. The van der Waals surface area contributed by atoms with E-state index in [0.717, 1.165) is 5.56 Å². The van der Waals surface area contributed by atoms with Crippen molar-refractivity contribution in [1.29, 1.82) is 0 Å². The predicted molar refractivity (Wildman–Crippen MR) is 87.7 cm³/mol. The first kappa shape index (κ1) is 16.1. The standard InChI is InChI=1S/C14H13BrClNO3S/c1-9-7-12(15)14(8-13(9)16)17-21(18,19)11-5-3-10(20-2)4-6-11/h3-8,17H,1-2H3. The van der Waals surface area contributed by atoms with Gasteiger partial charge in [0.15, 0.2) is 0 Å². The van der Waals surface area contributed by atoms with Gasteiger partial charge in [0.1, 0.15) is 5.75 Å². The molecule has 0 radical (unpaired) electrons. The molecular weight excluding hydrogens is 378 g/mol. The highest BCUT2D eigenvalue weighted by molar-refractivity contribution is 9.10. The largest absolute Gasteiger partial charge is 0.497 e. The molecule has 0 aliphatic heterocycles. The fourth-order valence-electron chi connectivity index (χ4n) is 1.68. The molecule has 0 atom stereocenters. The lowest BCUT2D eigenvalue weighted by atomic mass is 10.2. The number of nitrogens with one attached hydrogen (secondary N) is 1. The second-order valence-corrected chi connectivity index (χ2v) is 7.31. The maximum Gasteiger partial charge on any atom is 0.261 e. The summed E-state index contributed by atoms with van der Waals surface area (Å²) in [5.41, 5.74) is 1.25. The molecule has 0 bridgehead atoms. The zero-order chi connectivity index (χ0) is 15.6. The number of anilines is 1. The molecule has 0 fully saturated rings. The van der Waals surface area contributed by atoms with Crippen molar-refractivity contribution in [1.82, 2.24) is 0 Å². The molecule has 4 nitrogen and oxygen atoms in total. The van der Waals surface area contributed by atoms with E-state index < -0.39 is 10.0 Å². The summed E-state index contributed by atoms with van der Waals surface area (Å²) in [5.74, 6) is 0.591. The van der Waals surface area contributed by atoms with Gasteiger partial charge in [-0.1, -0.05) is 11.6 Å². The van der Waals surface area contributed by atoms with Gasteiger partial charge in [0.05, 0.1) is 17.7 Å². The van der Waals surface area contributed by atoms with E-state index in [2.05, 4.69) is 20.7 Å². The van der Waals surface area contributed by atoms with E-state index in [4.69, 9.17) is 16.3 Å². The summed E-state index contributed by atoms with van der Waals surface area (Å²) in [6.45, 7) is 1.84. The Hall–Kier alpha value is -1.24. The summed E-state index contributed by atoms with van der Waals surface area (Å²) < 4.78 is 32.8. The molecule has 0 saturated carbocycles. The molecule has 112 valence electrons. The van der Waals surface area contributed by atoms with Gasteiger partial charge < -0.3 is 4.74 Å². The van der Waals surface area contributed by atoms with Crippen molar-refractivity contribution in [2.75, 3.05) is 11.8 Å². The van der Waals surface area contributed by atoms with E-state index in [-0.39, 0.29) is 4.90 Å². The summed E-state index contributed by atoms with van der Waals surface area (Å²) in [7, 11) is -2.16. The van der Waals surface area contributed by atoms with E-state index >= 15 is 0 Å². The number of hydrogen-bond acceptors (Lipinski definition) is 3. The summed E-state index contributed by atoms with van der Waals surface area (Å²) in [5, 5.41) is 0.491. The lowest BCUT2D eigenvalue weighted by molar-refractivity contribution is 0.414. The minimum absolute atomic E-state index is 0.145. The number of benzene rings is 2. The van der Waals surface area contributed by atoms with Crippen LogP contribution in [0.4, 0.5) is 5.69 Å². The Morgan fingerprint density at radius 1 is 1.19 bits per heavy atom. The van der Waals surface area contributed by atoms with Gasteiger partial charge in [-0.15, -0.1) is 0 Å². The molecule has 0 heterocycles. The Labute approximate surface area is 137 Å². The van der Waals surface area contributed by atoms with Crippen molar-refractivity contribution in [2.24, 2.45) is 0 Å². The average Bonchev–Trinajstić information content (AvgIpc) is 2.44. The summed E-state index contributed by atoms with van der Waals surface area (Å²) >= 11 is 9.35. The molecule has 2 rings (SSSR count).